The zero-order valence-electron chi connectivity index (χ0n) is 8.18. The number of nitrogens with one attached hydrogen (secondary N) is 2. The Bertz CT molecular complexity index is 162. The van der Waals surface area contributed by atoms with Gasteiger partial charge >= 0.3 is 0 Å². The van der Waals surface area contributed by atoms with Gasteiger partial charge in [-0.25, -0.2) is 0 Å². The molecule has 76 valence electrons. The number of carbonyl (C=O) groups is 1. The second-order valence-corrected chi connectivity index (χ2v) is 3.68. The largest absolute Gasteiger partial charge is 0.352 e. The molecule has 0 bridgehead atoms. The zero-order chi connectivity index (χ0) is 9.68. The molecule has 1 unspecified atom stereocenters. The predicted octanol–water partition coefficient (Wildman–Crippen LogP) is -0.408. The van der Waals surface area contributed by atoms with Crippen LogP contribution in [-0.2, 0) is 4.79 Å². The van der Waals surface area contributed by atoms with E-state index in [4.69, 9.17) is 5.73 Å². The fourth-order valence-electron chi connectivity index (χ4n) is 1.50. The van der Waals surface area contributed by atoms with Crippen molar-refractivity contribution in [3.05, 3.63) is 0 Å². The van der Waals surface area contributed by atoms with Crippen molar-refractivity contribution in [1.82, 2.24) is 10.6 Å². The molecule has 1 fully saturated rings. The Morgan fingerprint density at radius 2 is 2.31 bits per heavy atom. The summed E-state index contributed by atoms with van der Waals surface area (Å²) in [7, 11) is 0. The Balaban J connectivity index is 2.29. The standard InChI is InChI=1S/C9H19N3O/c1-7(10)9(13)12-8-3-2-5-11-6-4-8/h7-8,11H,2-6,10H2,1H3,(H,12,13)/t7-,8?/m0/s1. The Kier molecular flexibility index (Phi) is 4.18. The van der Waals surface area contributed by atoms with Crippen molar-refractivity contribution in [2.45, 2.75) is 38.3 Å². The molecule has 4 nitrogen and oxygen atoms in total. The van der Waals surface area contributed by atoms with E-state index in [1.54, 1.807) is 6.92 Å². The molecule has 0 spiro atoms. The number of carbonyl (C=O) groups excluding carboxylic acids is 1. The molecule has 2 atom stereocenters. The molecule has 1 aliphatic heterocycles. The summed E-state index contributed by atoms with van der Waals surface area (Å²) in [6.07, 6.45) is 3.20. The van der Waals surface area contributed by atoms with Crippen LogP contribution in [0.4, 0.5) is 0 Å². The van der Waals surface area contributed by atoms with Gasteiger partial charge < -0.3 is 16.4 Å². The number of nitrogens with two attached hydrogens (primary N) is 1. The molecular weight excluding hydrogens is 166 g/mol. The fraction of sp³-hybridized carbons (Fsp3) is 0.889. The fourth-order valence-corrected chi connectivity index (χ4v) is 1.50. The van der Waals surface area contributed by atoms with E-state index in [2.05, 4.69) is 10.6 Å². The third-order valence-electron chi connectivity index (χ3n) is 2.34. The topological polar surface area (TPSA) is 67.2 Å². The lowest BCUT2D eigenvalue weighted by Gasteiger charge is -2.17. The molecule has 4 heteroatoms. The average molecular weight is 185 g/mol. The van der Waals surface area contributed by atoms with Crippen LogP contribution in [0, 0.1) is 0 Å². The lowest BCUT2D eigenvalue weighted by Crippen LogP contribution is -2.44. The summed E-state index contributed by atoms with van der Waals surface area (Å²) in [6.45, 7) is 3.76. The van der Waals surface area contributed by atoms with E-state index >= 15 is 0 Å². The molecular formula is C9H19N3O. The van der Waals surface area contributed by atoms with Gasteiger partial charge in [0.2, 0.25) is 5.91 Å². The van der Waals surface area contributed by atoms with Crippen molar-refractivity contribution in [1.29, 1.82) is 0 Å². The number of amides is 1. The Labute approximate surface area is 79.3 Å². The summed E-state index contributed by atoms with van der Waals surface area (Å²) in [4.78, 5) is 11.3. The van der Waals surface area contributed by atoms with Crippen LogP contribution in [0.2, 0.25) is 0 Å². The molecule has 0 aromatic heterocycles. The van der Waals surface area contributed by atoms with Gasteiger partial charge in [0.25, 0.3) is 0 Å². The highest BCUT2D eigenvalue weighted by molar-refractivity contribution is 5.81. The molecule has 13 heavy (non-hydrogen) atoms. The Hall–Kier alpha value is -0.610. The molecule has 1 aliphatic rings. The van der Waals surface area contributed by atoms with Crippen molar-refractivity contribution >= 4 is 5.91 Å². The maximum Gasteiger partial charge on any atom is 0.236 e. The Morgan fingerprint density at radius 3 is 3.00 bits per heavy atom. The van der Waals surface area contributed by atoms with Gasteiger partial charge in [-0.05, 0) is 39.3 Å². The quantitative estimate of drug-likeness (QED) is 0.548. The van der Waals surface area contributed by atoms with Crippen molar-refractivity contribution in [3.63, 3.8) is 0 Å². The van der Waals surface area contributed by atoms with Gasteiger partial charge in [-0.15, -0.1) is 0 Å². The second kappa shape index (κ2) is 5.19. The smallest absolute Gasteiger partial charge is 0.236 e. The molecule has 0 aromatic rings. The van der Waals surface area contributed by atoms with Crippen LogP contribution in [0.1, 0.15) is 26.2 Å². The Morgan fingerprint density at radius 1 is 1.54 bits per heavy atom. The van der Waals surface area contributed by atoms with Gasteiger partial charge in [-0.2, -0.15) is 0 Å². The van der Waals surface area contributed by atoms with Gasteiger partial charge in [-0.1, -0.05) is 0 Å². The summed E-state index contributed by atoms with van der Waals surface area (Å²) in [5, 5.41) is 6.25. The first-order valence-corrected chi connectivity index (χ1v) is 4.97. The normalized spacial score (nSPS) is 26.2. The van der Waals surface area contributed by atoms with Gasteiger partial charge in [-0.3, -0.25) is 4.79 Å². The minimum absolute atomic E-state index is 0.0353. The van der Waals surface area contributed by atoms with Crippen LogP contribution >= 0.6 is 0 Å². The van der Waals surface area contributed by atoms with Crippen LogP contribution < -0.4 is 16.4 Å². The second-order valence-electron chi connectivity index (χ2n) is 3.68. The van der Waals surface area contributed by atoms with E-state index < -0.39 is 6.04 Å². The third kappa shape index (κ3) is 3.74. The lowest BCUT2D eigenvalue weighted by atomic mass is 10.1. The highest BCUT2D eigenvalue weighted by atomic mass is 16.2. The SMILES string of the molecule is C[C@H](N)C(=O)NC1CCCNCC1. The first kappa shape index (κ1) is 10.5. The van der Waals surface area contributed by atoms with Crippen molar-refractivity contribution in [2.24, 2.45) is 5.73 Å². The number of hydrogen-bond donors (Lipinski definition) is 3. The van der Waals surface area contributed by atoms with E-state index in [-0.39, 0.29) is 5.91 Å². The zero-order valence-corrected chi connectivity index (χ0v) is 8.18. The first-order chi connectivity index (χ1) is 6.20. The molecule has 1 saturated heterocycles. The lowest BCUT2D eigenvalue weighted by molar-refractivity contribution is -0.122. The molecule has 1 heterocycles. The molecule has 0 radical (unpaired) electrons. The maximum atomic E-state index is 11.3. The third-order valence-corrected chi connectivity index (χ3v) is 2.34. The molecule has 4 N–H and O–H groups in total. The van der Waals surface area contributed by atoms with Gasteiger partial charge in [0.05, 0.1) is 6.04 Å². The average Bonchev–Trinajstić information content (AvgIpc) is 2.32. The molecule has 1 rings (SSSR count). The van der Waals surface area contributed by atoms with Crippen LogP contribution in [0.5, 0.6) is 0 Å². The van der Waals surface area contributed by atoms with E-state index in [9.17, 15) is 4.79 Å². The molecule has 0 aliphatic carbocycles. The maximum absolute atomic E-state index is 11.3. The highest BCUT2D eigenvalue weighted by Gasteiger charge is 2.15. The minimum atomic E-state index is -0.392. The summed E-state index contributed by atoms with van der Waals surface area (Å²) >= 11 is 0. The van der Waals surface area contributed by atoms with E-state index in [1.807, 2.05) is 0 Å². The summed E-state index contributed by atoms with van der Waals surface area (Å²) < 4.78 is 0. The first-order valence-electron chi connectivity index (χ1n) is 4.97. The summed E-state index contributed by atoms with van der Waals surface area (Å²) in [5.74, 6) is -0.0353. The van der Waals surface area contributed by atoms with Gasteiger partial charge in [0, 0.05) is 6.04 Å². The van der Waals surface area contributed by atoms with Crippen molar-refractivity contribution < 1.29 is 4.79 Å². The minimum Gasteiger partial charge on any atom is -0.352 e. The van der Waals surface area contributed by atoms with Crippen molar-refractivity contribution in [2.75, 3.05) is 13.1 Å². The molecule has 1 amide bonds. The monoisotopic (exact) mass is 185 g/mol. The van der Waals surface area contributed by atoms with Crippen LogP contribution in [0.3, 0.4) is 0 Å². The number of hydrogen-bond acceptors (Lipinski definition) is 3. The van der Waals surface area contributed by atoms with Crippen LogP contribution in [0.25, 0.3) is 0 Å². The molecule has 0 saturated carbocycles. The summed E-state index contributed by atoms with van der Waals surface area (Å²) in [5.41, 5.74) is 5.46. The van der Waals surface area contributed by atoms with E-state index in [0.717, 1.165) is 32.4 Å². The van der Waals surface area contributed by atoms with Crippen LogP contribution in [-0.4, -0.2) is 31.1 Å². The van der Waals surface area contributed by atoms with Crippen LogP contribution in [0.15, 0.2) is 0 Å². The highest BCUT2D eigenvalue weighted by Crippen LogP contribution is 2.04. The predicted molar refractivity (Wildman–Crippen MR) is 52.3 cm³/mol. The summed E-state index contributed by atoms with van der Waals surface area (Å²) in [6, 6.07) is -0.0790. The molecule has 0 aromatic carbocycles. The van der Waals surface area contributed by atoms with Crippen molar-refractivity contribution in [3.8, 4) is 0 Å². The van der Waals surface area contributed by atoms with Gasteiger partial charge in [0.15, 0.2) is 0 Å². The van der Waals surface area contributed by atoms with E-state index in [0.29, 0.717) is 6.04 Å². The number of rotatable bonds is 2. The van der Waals surface area contributed by atoms with Gasteiger partial charge in [0.1, 0.15) is 0 Å². The van der Waals surface area contributed by atoms with E-state index in [1.165, 1.54) is 0 Å².